The van der Waals surface area contributed by atoms with Gasteiger partial charge in [-0.25, -0.2) is 0 Å². The van der Waals surface area contributed by atoms with Crippen molar-refractivity contribution in [3.8, 4) is 5.75 Å². The summed E-state index contributed by atoms with van der Waals surface area (Å²) in [5.74, 6) is -11.0. The Hall–Kier alpha value is -9.08. The molecule has 9 atom stereocenters. The molecule has 490 valence electrons. The van der Waals surface area contributed by atoms with Gasteiger partial charge in [0.15, 0.2) is 5.96 Å². The molecule has 19 N–H and O–H groups in total. The number of carboxylic acids is 1. The standard InChI is InChI=1S/C61H92N14O14/c1-35(2)29-41(54(83)70-44(19-14-28-68-61(64)65-6)56(85)72-46(53(63)82)32-42-34-66-26-12-8-9-15-36(42)3)18-13-27-67-55(84)47(30-39-16-10-7-11-17-39)74-60(89)52(37(4)76)75-59(88)49(33-50(62)79)73-57(86)45(24-25-51(80)81)71-58(87)48(69-38(5)77)31-40-20-22-43(78)23-21-40/h8-9,12-13,15,18,20-23,34-35,37,39,41,44-49,52,66,76,78H,3,7,10-11,14,16-17,19,24-33H2,1-2,4-6H3,(H2,62,79)(H2,63,82)(H,67,84)(H,69,77)(H,70,83)(H,71,87)(H,72,85)(H,73,86)(H,74,89)(H,75,88)(H,80,81)(H3,64,65,68)/b12-8-,15-9-,18-13+,42-34-/t37-,41+,44+,45+,46+,47+,48-,49+,52+/m1/s1. The Labute approximate surface area is 519 Å². The summed E-state index contributed by atoms with van der Waals surface area (Å²) in [6, 6.07) is -4.54. The van der Waals surface area contributed by atoms with Crippen molar-refractivity contribution in [1.29, 1.82) is 5.41 Å². The van der Waals surface area contributed by atoms with Crippen LogP contribution in [0.25, 0.3) is 0 Å². The zero-order chi connectivity index (χ0) is 66.2. The largest absolute Gasteiger partial charge is 0.508 e. The maximum absolute atomic E-state index is 14.2. The number of guanidine groups is 1. The van der Waals surface area contributed by atoms with Gasteiger partial charge in [-0.2, -0.15) is 0 Å². The highest BCUT2D eigenvalue weighted by Crippen LogP contribution is 2.28. The zero-order valence-corrected chi connectivity index (χ0v) is 51.4. The SMILES string of the molecule is C=C1/C=C\C=C/CN/C=C\1C[C@H](NC(=O)[C@H](CCCNC(=N)NC)NC(=O)[C@@H](/C=C/CNC(=O)[C@H](CC1CCCCC1)NC(=O)[C@@H](NC(=O)[C@H](CC(N)=O)NC(=O)[C@H](CCC(=O)O)NC(=O)[C@@H](Cc1ccc(O)cc1)NC(C)=O)[C@@H](C)O)CC(C)C)C(N)=O. The summed E-state index contributed by atoms with van der Waals surface area (Å²) >= 11 is 0. The van der Waals surface area contributed by atoms with Crippen molar-refractivity contribution in [2.75, 3.05) is 26.7 Å². The van der Waals surface area contributed by atoms with Crippen molar-refractivity contribution in [1.82, 2.24) is 58.5 Å². The van der Waals surface area contributed by atoms with Crippen molar-refractivity contribution in [3.05, 3.63) is 90.2 Å². The number of primary amides is 2. The molecule has 0 spiro atoms. The van der Waals surface area contributed by atoms with Crippen LogP contribution in [0.3, 0.4) is 0 Å². The van der Waals surface area contributed by atoms with Gasteiger partial charge in [0.05, 0.1) is 18.4 Å². The van der Waals surface area contributed by atoms with Crippen LogP contribution in [0.4, 0.5) is 0 Å². The highest BCUT2D eigenvalue weighted by Gasteiger charge is 2.36. The van der Waals surface area contributed by atoms with Gasteiger partial charge in [0.1, 0.15) is 48.0 Å². The van der Waals surface area contributed by atoms with E-state index in [0.29, 0.717) is 36.1 Å². The summed E-state index contributed by atoms with van der Waals surface area (Å²) in [6.07, 6.45) is 13.3. The second-order valence-electron chi connectivity index (χ2n) is 22.6. The molecular formula is C61H92N14O14. The van der Waals surface area contributed by atoms with Crippen molar-refractivity contribution in [2.24, 2.45) is 29.2 Å². The molecule has 0 bridgehead atoms. The lowest BCUT2D eigenvalue weighted by atomic mass is 9.84. The van der Waals surface area contributed by atoms with Crippen LogP contribution in [0, 0.1) is 23.2 Å². The average Bonchev–Trinajstić information content (AvgIpc) is 3.71. The number of carbonyl (C=O) groups is 11. The van der Waals surface area contributed by atoms with Crippen molar-refractivity contribution in [3.63, 3.8) is 0 Å². The van der Waals surface area contributed by atoms with Gasteiger partial charge in [-0.3, -0.25) is 58.1 Å². The number of benzene rings is 1. The molecular weight excluding hydrogens is 1150 g/mol. The number of aliphatic hydroxyl groups excluding tert-OH is 1. The predicted octanol–water partition coefficient (Wildman–Crippen LogP) is -0.671. The number of hydrogen-bond acceptors (Lipinski definition) is 15. The van der Waals surface area contributed by atoms with E-state index in [1.54, 1.807) is 37.6 Å². The van der Waals surface area contributed by atoms with Crippen LogP contribution in [-0.2, 0) is 59.2 Å². The lowest BCUT2D eigenvalue weighted by molar-refractivity contribution is -0.139. The van der Waals surface area contributed by atoms with Gasteiger partial charge in [-0.1, -0.05) is 101 Å². The maximum atomic E-state index is 14.2. The Balaban J connectivity index is 1.83. The summed E-state index contributed by atoms with van der Waals surface area (Å²) in [5.41, 5.74) is 13.0. The minimum Gasteiger partial charge on any atom is -0.508 e. The normalized spacial score (nSPS) is 17.7. The number of allylic oxidation sites excluding steroid dienone is 4. The van der Waals surface area contributed by atoms with E-state index < -0.39 is 139 Å². The van der Waals surface area contributed by atoms with Gasteiger partial charge in [0, 0.05) is 59.1 Å². The molecule has 1 aliphatic heterocycles. The number of aliphatic hydroxyl groups is 1. The zero-order valence-electron chi connectivity index (χ0n) is 51.4. The van der Waals surface area contributed by atoms with Gasteiger partial charge in [-0.05, 0) is 79.7 Å². The molecule has 0 radical (unpaired) electrons. The molecule has 2 aliphatic rings. The van der Waals surface area contributed by atoms with E-state index in [-0.39, 0.29) is 62.3 Å². The summed E-state index contributed by atoms with van der Waals surface area (Å²) in [6.45, 7) is 10.8. The molecule has 0 aromatic heterocycles. The fraction of sp³-hybridized carbons (Fsp3) is 0.541. The predicted molar refractivity (Wildman–Crippen MR) is 331 cm³/mol. The lowest BCUT2D eigenvalue weighted by Crippen LogP contribution is -2.61. The number of aromatic hydroxyl groups is 1. The maximum Gasteiger partial charge on any atom is 0.303 e. The summed E-state index contributed by atoms with van der Waals surface area (Å²) < 4.78 is 0. The van der Waals surface area contributed by atoms with E-state index >= 15 is 0 Å². The number of carbonyl (C=O) groups excluding carboxylic acids is 10. The number of phenols is 1. The Kier molecular flexibility index (Phi) is 32.5. The molecule has 89 heavy (non-hydrogen) atoms. The molecule has 1 fully saturated rings. The molecule has 0 unspecified atom stereocenters. The number of nitrogens with two attached hydrogens (primary N) is 2. The molecule has 0 saturated heterocycles. The summed E-state index contributed by atoms with van der Waals surface area (Å²) in [7, 11) is 1.57. The summed E-state index contributed by atoms with van der Waals surface area (Å²) in [4.78, 5) is 147. The van der Waals surface area contributed by atoms with Gasteiger partial charge in [-0.15, -0.1) is 0 Å². The molecule has 1 aromatic carbocycles. The number of amides is 10. The Bertz CT molecular complexity index is 2760. The number of hydrogen-bond donors (Lipinski definition) is 17. The van der Waals surface area contributed by atoms with Crippen LogP contribution < -0.4 is 70.0 Å². The van der Waals surface area contributed by atoms with Gasteiger partial charge >= 0.3 is 5.97 Å². The van der Waals surface area contributed by atoms with Crippen molar-refractivity contribution < 1.29 is 68.1 Å². The van der Waals surface area contributed by atoms with E-state index in [1.165, 1.54) is 31.2 Å². The number of rotatable bonds is 36. The van der Waals surface area contributed by atoms with Crippen LogP contribution in [-0.4, -0.2) is 161 Å². The van der Waals surface area contributed by atoms with Gasteiger partial charge < -0.3 is 85.3 Å². The summed E-state index contributed by atoms with van der Waals surface area (Å²) in [5, 5.41) is 67.1. The van der Waals surface area contributed by atoms with Gasteiger partial charge in [0.2, 0.25) is 59.1 Å². The lowest BCUT2D eigenvalue weighted by Gasteiger charge is -2.29. The first kappa shape index (κ1) is 74.2. The molecule has 3 rings (SSSR count). The minimum atomic E-state index is -1.86. The molecule has 10 amide bonds. The van der Waals surface area contributed by atoms with Crippen molar-refractivity contribution >= 4 is 71.0 Å². The van der Waals surface area contributed by atoms with Crippen LogP contribution in [0.15, 0.2) is 84.6 Å². The third kappa shape index (κ3) is 28.5. The fourth-order valence-electron chi connectivity index (χ4n) is 9.85. The second-order valence-corrected chi connectivity index (χ2v) is 22.6. The first-order valence-corrected chi connectivity index (χ1v) is 29.9. The molecule has 1 saturated carbocycles. The molecule has 1 heterocycles. The van der Waals surface area contributed by atoms with E-state index in [9.17, 15) is 68.1 Å². The first-order valence-electron chi connectivity index (χ1n) is 29.9. The second kappa shape index (κ2) is 38.9. The van der Waals surface area contributed by atoms with E-state index in [0.717, 1.165) is 39.0 Å². The Morgan fingerprint density at radius 3 is 1.94 bits per heavy atom. The number of carboxylic acid groups (broad SMARTS) is 1. The Morgan fingerprint density at radius 2 is 1.34 bits per heavy atom. The highest BCUT2D eigenvalue weighted by molar-refractivity contribution is 5.98. The van der Waals surface area contributed by atoms with E-state index in [4.69, 9.17) is 16.9 Å². The minimum absolute atomic E-state index is 0.00576. The van der Waals surface area contributed by atoms with Crippen LogP contribution >= 0.6 is 0 Å². The Morgan fingerprint density at radius 1 is 0.730 bits per heavy atom. The quantitative estimate of drug-likeness (QED) is 0.0171. The third-order valence-corrected chi connectivity index (χ3v) is 14.6. The smallest absolute Gasteiger partial charge is 0.303 e. The van der Waals surface area contributed by atoms with Crippen LogP contribution in [0.5, 0.6) is 5.75 Å². The van der Waals surface area contributed by atoms with Crippen molar-refractivity contribution in [2.45, 2.75) is 166 Å². The molecule has 1 aromatic rings. The monoisotopic (exact) mass is 1240 g/mol. The fourth-order valence-corrected chi connectivity index (χ4v) is 9.85. The van der Waals surface area contributed by atoms with E-state index in [2.05, 4.69) is 65.1 Å². The molecule has 28 nitrogen and oxygen atoms in total. The van der Waals surface area contributed by atoms with E-state index in [1.807, 2.05) is 26.0 Å². The molecule has 1 aliphatic carbocycles. The van der Waals surface area contributed by atoms with Crippen LogP contribution in [0.2, 0.25) is 0 Å². The van der Waals surface area contributed by atoms with Crippen LogP contribution in [0.1, 0.15) is 117 Å². The number of nitrogens with one attached hydrogen (secondary N) is 12. The number of aliphatic carboxylic acids is 1. The third-order valence-electron chi connectivity index (χ3n) is 14.6. The first-order chi connectivity index (χ1) is 42.2. The average molecular weight is 1250 g/mol. The number of phenolic OH excluding ortho intramolecular Hbond substituents is 1. The molecule has 28 heteroatoms. The highest BCUT2D eigenvalue weighted by atomic mass is 16.4. The van der Waals surface area contributed by atoms with Gasteiger partial charge in [0.25, 0.3) is 0 Å². The topological polar surface area (TPSA) is 457 Å².